The summed E-state index contributed by atoms with van der Waals surface area (Å²) in [5.74, 6) is -0.689. The summed E-state index contributed by atoms with van der Waals surface area (Å²) in [5, 5.41) is 9.25. The van der Waals surface area contributed by atoms with E-state index in [-0.39, 0.29) is 18.4 Å². The molecule has 0 spiro atoms. The Kier molecular flexibility index (Phi) is 5.46. The third kappa shape index (κ3) is 4.84. The molecule has 2 aromatic heterocycles. The molecule has 0 radical (unpaired) electrons. The number of anilines is 1. The van der Waals surface area contributed by atoms with Crippen molar-refractivity contribution >= 4 is 23.6 Å². The summed E-state index contributed by atoms with van der Waals surface area (Å²) in [5.41, 5.74) is 2.12. The molecule has 2 heterocycles. The number of carbonyl (C=O) groups is 2. The normalized spacial score (nSPS) is 10.6. The Morgan fingerprint density at radius 2 is 1.96 bits per heavy atom. The highest BCUT2D eigenvalue weighted by molar-refractivity contribution is 5.97. The fraction of sp³-hybridized carbons (Fsp3) is 0.0556. The van der Waals surface area contributed by atoms with E-state index in [2.05, 4.69) is 25.7 Å². The lowest BCUT2D eigenvalue weighted by atomic mass is 10.3. The van der Waals surface area contributed by atoms with Crippen molar-refractivity contribution in [3.05, 3.63) is 73.1 Å². The minimum absolute atomic E-state index is 0.129. The standard InChI is InChI=1S/C18H16N6O2/c25-17(9-6-14-3-1-2-10-20-14)21-11-18(26)23-15-4-7-16(8-5-15)24-13-19-12-22-24/h1-10,12-13H,11H2,(H,21,25)(H,23,26). The monoisotopic (exact) mass is 348 g/mol. The highest BCUT2D eigenvalue weighted by atomic mass is 16.2. The van der Waals surface area contributed by atoms with Crippen LogP contribution in [-0.4, -0.2) is 38.1 Å². The van der Waals surface area contributed by atoms with E-state index < -0.39 is 0 Å². The highest BCUT2D eigenvalue weighted by Crippen LogP contribution is 2.11. The fourth-order valence-electron chi connectivity index (χ4n) is 2.11. The van der Waals surface area contributed by atoms with Crippen molar-refractivity contribution in [1.82, 2.24) is 25.1 Å². The van der Waals surface area contributed by atoms with Crippen LogP contribution in [0, 0.1) is 0 Å². The first-order chi connectivity index (χ1) is 12.7. The minimum Gasteiger partial charge on any atom is -0.343 e. The lowest BCUT2D eigenvalue weighted by Crippen LogP contribution is -2.31. The largest absolute Gasteiger partial charge is 0.343 e. The number of nitrogens with one attached hydrogen (secondary N) is 2. The van der Waals surface area contributed by atoms with Gasteiger partial charge in [0.25, 0.3) is 0 Å². The van der Waals surface area contributed by atoms with Crippen LogP contribution in [0.1, 0.15) is 5.69 Å². The summed E-state index contributed by atoms with van der Waals surface area (Å²) in [4.78, 5) is 31.6. The van der Waals surface area contributed by atoms with Crippen molar-refractivity contribution in [2.24, 2.45) is 0 Å². The topological polar surface area (TPSA) is 102 Å². The molecule has 0 saturated carbocycles. The van der Waals surface area contributed by atoms with Gasteiger partial charge in [-0.05, 0) is 42.5 Å². The van der Waals surface area contributed by atoms with Crippen LogP contribution in [0.4, 0.5) is 5.69 Å². The third-order valence-electron chi connectivity index (χ3n) is 3.35. The molecule has 0 saturated heterocycles. The van der Waals surface area contributed by atoms with Crippen LogP contribution in [-0.2, 0) is 9.59 Å². The predicted octanol–water partition coefficient (Wildman–Crippen LogP) is 1.43. The Morgan fingerprint density at radius 3 is 2.65 bits per heavy atom. The van der Waals surface area contributed by atoms with Crippen LogP contribution in [0.25, 0.3) is 11.8 Å². The second kappa shape index (κ2) is 8.34. The summed E-state index contributed by atoms with van der Waals surface area (Å²) in [7, 11) is 0. The van der Waals surface area contributed by atoms with Gasteiger partial charge in [0.1, 0.15) is 12.7 Å². The van der Waals surface area contributed by atoms with Gasteiger partial charge in [-0.2, -0.15) is 5.10 Å². The summed E-state index contributed by atoms with van der Waals surface area (Å²) in [6, 6.07) is 12.5. The molecule has 0 bridgehead atoms. The number of carbonyl (C=O) groups excluding carboxylic acids is 2. The predicted molar refractivity (Wildman–Crippen MR) is 96.3 cm³/mol. The molecule has 0 unspecified atom stereocenters. The zero-order chi connectivity index (χ0) is 18.2. The molecule has 0 aliphatic rings. The van der Waals surface area contributed by atoms with Crippen LogP contribution >= 0.6 is 0 Å². The Bertz CT molecular complexity index is 889. The van der Waals surface area contributed by atoms with Crippen molar-refractivity contribution in [3.8, 4) is 5.69 Å². The molecule has 0 aliphatic heterocycles. The van der Waals surface area contributed by atoms with Crippen molar-refractivity contribution in [2.75, 3.05) is 11.9 Å². The SMILES string of the molecule is O=C(C=Cc1ccccn1)NCC(=O)Nc1ccc(-n2cncn2)cc1. The maximum atomic E-state index is 11.9. The Hall–Kier alpha value is -3.81. The van der Waals surface area contributed by atoms with Crippen LogP contribution in [0.3, 0.4) is 0 Å². The van der Waals surface area contributed by atoms with E-state index in [9.17, 15) is 9.59 Å². The smallest absolute Gasteiger partial charge is 0.244 e. The van der Waals surface area contributed by atoms with Gasteiger partial charge in [-0.1, -0.05) is 6.07 Å². The van der Waals surface area contributed by atoms with E-state index in [1.807, 2.05) is 6.07 Å². The second-order valence-corrected chi connectivity index (χ2v) is 5.24. The molecule has 3 rings (SSSR count). The van der Waals surface area contributed by atoms with Gasteiger partial charge in [0.15, 0.2) is 0 Å². The van der Waals surface area contributed by atoms with E-state index in [1.54, 1.807) is 59.7 Å². The molecule has 8 nitrogen and oxygen atoms in total. The lowest BCUT2D eigenvalue weighted by molar-refractivity contribution is -0.121. The number of rotatable bonds is 6. The maximum Gasteiger partial charge on any atom is 0.244 e. The molecule has 0 atom stereocenters. The minimum atomic E-state index is -0.368. The molecule has 1 aromatic carbocycles. The molecular weight excluding hydrogens is 332 g/mol. The van der Waals surface area contributed by atoms with Gasteiger partial charge in [0, 0.05) is 18.0 Å². The van der Waals surface area contributed by atoms with Crippen molar-refractivity contribution in [2.45, 2.75) is 0 Å². The van der Waals surface area contributed by atoms with E-state index in [0.717, 1.165) is 5.69 Å². The van der Waals surface area contributed by atoms with Crippen LogP contribution in [0.5, 0.6) is 0 Å². The number of benzene rings is 1. The van der Waals surface area contributed by atoms with Crippen molar-refractivity contribution in [1.29, 1.82) is 0 Å². The first kappa shape index (κ1) is 17.0. The molecule has 8 heteroatoms. The quantitative estimate of drug-likeness (QED) is 0.656. The molecule has 130 valence electrons. The van der Waals surface area contributed by atoms with Crippen molar-refractivity contribution in [3.63, 3.8) is 0 Å². The highest BCUT2D eigenvalue weighted by Gasteiger charge is 2.05. The van der Waals surface area contributed by atoms with E-state index in [1.165, 1.54) is 12.4 Å². The average Bonchev–Trinajstić information content (AvgIpc) is 3.21. The Labute approximate surface area is 149 Å². The van der Waals surface area contributed by atoms with Gasteiger partial charge < -0.3 is 10.6 Å². The zero-order valence-corrected chi connectivity index (χ0v) is 13.7. The van der Waals surface area contributed by atoms with Crippen LogP contribution in [0.2, 0.25) is 0 Å². The second-order valence-electron chi connectivity index (χ2n) is 5.24. The summed E-state index contributed by atoms with van der Waals surface area (Å²) < 4.78 is 1.61. The molecule has 3 aromatic rings. The van der Waals surface area contributed by atoms with Crippen molar-refractivity contribution < 1.29 is 9.59 Å². The lowest BCUT2D eigenvalue weighted by Gasteiger charge is -2.07. The van der Waals surface area contributed by atoms with E-state index in [0.29, 0.717) is 11.4 Å². The Morgan fingerprint density at radius 1 is 1.12 bits per heavy atom. The third-order valence-corrected chi connectivity index (χ3v) is 3.35. The van der Waals surface area contributed by atoms with E-state index in [4.69, 9.17) is 0 Å². The molecule has 2 amide bonds. The van der Waals surface area contributed by atoms with Gasteiger partial charge in [-0.3, -0.25) is 14.6 Å². The average molecular weight is 348 g/mol. The number of pyridine rings is 1. The first-order valence-corrected chi connectivity index (χ1v) is 7.82. The van der Waals surface area contributed by atoms with Gasteiger partial charge >= 0.3 is 0 Å². The molecule has 0 aliphatic carbocycles. The fourth-order valence-corrected chi connectivity index (χ4v) is 2.11. The number of hydrogen-bond acceptors (Lipinski definition) is 5. The van der Waals surface area contributed by atoms with Gasteiger partial charge in [0.05, 0.1) is 17.9 Å². The molecule has 0 fully saturated rings. The first-order valence-electron chi connectivity index (χ1n) is 7.82. The van der Waals surface area contributed by atoms with Gasteiger partial charge in [-0.25, -0.2) is 9.67 Å². The molecule has 2 N–H and O–H groups in total. The number of aromatic nitrogens is 4. The summed E-state index contributed by atoms with van der Waals surface area (Å²) >= 11 is 0. The van der Waals surface area contributed by atoms with Crippen LogP contribution in [0.15, 0.2) is 67.4 Å². The molecular formula is C18H16N6O2. The number of nitrogens with zero attached hydrogens (tertiary/aromatic N) is 4. The van der Waals surface area contributed by atoms with E-state index >= 15 is 0 Å². The maximum absolute atomic E-state index is 11.9. The van der Waals surface area contributed by atoms with Gasteiger partial charge in [0.2, 0.25) is 11.8 Å². The Balaban J connectivity index is 1.46. The number of amides is 2. The van der Waals surface area contributed by atoms with Gasteiger partial charge in [-0.15, -0.1) is 0 Å². The summed E-state index contributed by atoms with van der Waals surface area (Å²) in [6.07, 6.45) is 7.58. The van der Waals surface area contributed by atoms with Crippen LogP contribution < -0.4 is 10.6 Å². The molecule has 26 heavy (non-hydrogen) atoms. The zero-order valence-electron chi connectivity index (χ0n) is 13.7. The number of hydrogen-bond donors (Lipinski definition) is 2. The summed E-state index contributed by atoms with van der Waals surface area (Å²) in [6.45, 7) is -0.129.